The van der Waals surface area contributed by atoms with Gasteiger partial charge in [0.05, 0.1) is 6.61 Å². The topological polar surface area (TPSA) is 29.5 Å². The lowest BCUT2D eigenvalue weighted by Crippen LogP contribution is -2.43. The first kappa shape index (κ1) is 10.0. The molecular formula is C12H20O2. The highest BCUT2D eigenvalue weighted by Gasteiger charge is 2.43. The smallest absolute Gasteiger partial charge is 0.124 e. The van der Waals surface area contributed by atoms with E-state index in [-0.39, 0.29) is 0 Å². The Balaban J connectivity index is 2.18. The van der Waals surface area contributed by atoms with Crippen LogP contribution in [0.15, 0.2) is 11.8 Å². The molecule has 0 bridgehead atoms. The van der Waals surface area contributed by atoms with E-state index >= 15 is 0 Å². The van der Waals surface area contributed by atoms with Crippen LogP contribution in [-0.4, -0.2) is 17.3 Å². The van der Waals surface area contributed by atoms with Crippen LogP contribution in [0, 0.1) is 11.8 Å². The zero-order valence-electron chi connectivity index (χ0n) is 9.12. The van der Waals surface area contributed by atoms with Gasteiger partial charge in [-0.15, -0.1) is 0 Å². The van der Waals surface area contributed by atoms with Gasteiger partial charge < -0.3 is 9.84 Å². The van der Waals surface area contributed by atoms with Crippen LogP contribution in [-0.2, 0) is 4.74 Å². The van der Waals surface area contributed by atoms with Crippen molar-refractivity contribution in [2.24, 2.45) is 11.8 Å². The highest BCUT2D eigenvalue weighted by atomic mass is 16.5. The molecule has 0 saturated heterocycles. The van der Waals surface area contributed by atoms with Crippen LogP contribution in [0.2, 0.25) is 0 Å². The SMILES string of the molecule is CC1CCC(C)C(O)(C2=CCCO2)C1. The largest absolute Gasteiger partial charge is 0.495 e. The molecule has 0 aromatic heterocycles. The Kier molecular flexibility index (Phi) is 2.56. The normalized spacial score (nSPS) is 43.2. The minimum absolute atomic E-state index is 0.336. The maximum absolute atomic E-state index is 10.6. The highest BCUT2D eigenvalue weighted by Crippen LogP contribution is 2.42. The summed E-state index contributed by atoms with van der Waals surface area (Å²) in [6.45, 7) is 5.10. The van der Waals surface area contributed by atoms with Gasteiger partial charge >= 0.3 is 0 Å². The van der Waals surface area contributed by atoms with Crippen molar-refractivity contribution in [1.29, 1.82) is 0 Å². The molecule has 80 valence electrons. The molecule has 1 saturated carbocycles. The van der Waals surface area contributed by atoms with Gasteiger partial charge in [-0.05, 0) is 30.8 Å². The first-order valence-electron chi connectivity index (χ1n) is 5.69. The van der Waals surface area contributed by atoms with E-state index in [1.54, 1.807) is 0 Å². The molecule has 3 atom stereocenters. The fraction of sp³-hybridized carbons (Fsp3) is 0.833. The fourth-order valence-electron chi connectivity index (χ4n) is 2.67. The third-order valence-electron chi connectivity index (χ3n) is 3.70. The van der Waals surface area contributed by atoms with Crippen molar-refractivity contribution in [2.75, 3.05) is 6.61 Å². The standard InChI is InChI=1S/C12H20O2/c1-9-5-6-10(2)12(13,8-9)11-4-3-7-14-11/h4,9-10,13H,3,5-8H2,1-2H3. The molecule has 0 spiro atoms. The number of rotatable bonds is 1. The van der Waals surface area contributed by atoms with Crippen LogP contribution in [0.25, 0.3) is 0 Å². The van der Waals surface area contributed by atoms with Gasteiger partial charge in [0.1, 0.15) is 11.4 Å². The Bertz CT molecular complexity index is 247. The van der Waals surface area contributed by atoms with Crippen LogP contribution in [0.4, 0.5) is 0 Å². The van der Waals surface area contributed by atoms with Crippen molar-refractivity contribution in [3.8, 4) is 0 Å². The number of hydrogen-bond acceptors (Lipinski definition) is 2. The third-order valence-corrected chi connectivity index (χ3v) is 3.70. The van der Waals surface area contributed by atoms with E-state index in [1.165, 1.54) is 6.42 Å². The van der Waals surface area contributed by atoms with Crippen LogP contribution < -0.4 is 0 Å². The molecule has 2 heteroatoms. The van der Waals surface area contributed by atoms with Crippen LogP contribution >= 0.6 is 0 Å². The first-order valence-corrected chi connectivity index (χ1v) is 5.69. The molecule has 0 amide bonds. The lowest BCUT2D eigenvalue weighted by molar-refractivity contribution is -0.0615. The molecule has 2 aliphatic rings. The summed E-state index contributed by atoms with van der Waals surface area (Å²) in [5.74, 6) is 1.79. The molecule has 0 aromatic rings. The maximum Gasteiger partial charge on any atom is 0.124 e. The molecule has 0 aromatic carbocycles. The Hall–Kier alpha value is -0.500. The average molecular weight is 196 g/mol. The molecule has 3 unspecified atom stereocenters. The number of ether oxygens (including phenoxy) is 1. The lowest BCUT2D eigenvalue weighted by Gasteiger charge is -2.41. The summed E-state index contributed by atoms with van der Waals surface area (Å²) in [4.78, 5) is 0. The summed E-state index contributed by atoms with van der Waals surface area (Å²) in [6.07, 6.45) is 6.22. The molecule has 1 heterocycles. The quantitative estimate of drug-likeness (QED) is 0.698. The maximum atomic E-state index is 10.6. The summed E-state index contributed by atoms with van der Waals surface area (Å²) >= 11 is 0. The molecule has 2 rings (SSSR count). The Labute approximate surface area is 86.0 Å². The monoisotopic (exact) mass is 196 g/mol. The van der Waals surface area contributed by atoms with E-state index in [0.717, 1.165) is 31.6 Å². The van der Waals surface area contributed by atoms with E-state index in [0.29, 0.717) is 11.8 Å². The minimum Gasteiger partial charge on any atom is -0.495 e. The summed E-state index contributed by atoms with van der Waals surface area (Å²) in [6, 6.07) is 0. The van der Waals surface area contributed by atoms with Crippen molar-refractivity contribution in [3.63, 3.8) is 0 Å². The van der Waals surface area contributed by atoms with Gasteiger partial charge in [0.15, 0.2) is 0 Å². The Morgan fingerprint density at radius 3 is 2.86 bits per heavy atom. The number of hydrogen-bond donors (Lipinski definition) is 1. The second-order valence-electron chi connectivity index (χ2n) is 4.92. The van der Waals surface area contributed by atoms with Gasteiger partial charge in [-0.3, -0.25) is 0 Å². The summed E-state index contributed by atoms with van der Waals surface area (Å²) in [5, 5.41) is 10.6. The van der Waals surface area contributed by atoms with Gasteiger partial charge in [0.2, 0.25) is 0 Å². The third kappa shape index (κ3) is 1.56. The predicted molar refractivity (Wildman–Crippen MR) is 55.8 cm³/mol. The molecular weight excluding hydrogens is 176 g/mol. The zero-order valence-corrected chi connectivity index (χ0v) is 9.12. The molecule has 1 aliphatic carbocycles. The van der Waals surface area contributed by atoms with Crippen LogP contribution in [0.3, 0.4) is 0 Å². The fourth-order valence-corrected chi connectivity index (χ4v) is 2.67. The van der Waals surface area contributed by atoms with Gasteiger partial charge in [0, 0.05) is 6.42 Å². The summed E-state index contributed by atoms with van der Waals surface area (Å²) < 4.78 is 5.53. The molecule has 2 nitrogen and oxygen atoms in total. The van der Waals surface area contributed by atoms with Gasteiger partial charge in [-0.1, -0.05) is 20.3 Å². The van der Waals surface area contributed by atoms with Crippen molar-refractivity contribution in [2.45, 2.75) is 45.1 Å². The Morgan fingerprint density at radius 1 is 1.43 bits per heavy atom. The molecule has 1 aliphatic heterocycles. The zero-order chi connectivity index (χ0) is 10.2. The summed E-state index contributed by atoms with van der Waals surface area (Å²) in [5.41, 5.74) is -0.672. The van der Waals surface area contributed by atoms with Crippen molar-refractivity contribution in [1.82, 2.24) is 0 Å². The van der Waals surface area contributed by atoms with E-state index in [9.17, 15) is 5.11 Å². The molecule has 1 N–H and O–H groups in total. The van der Waals surface area contributed by atoms with Crippen LogP contribution in [0.1, 0.15) is 39.5 Å². The molecule has 14 heavy (non-hydrogen) atoms. The van der Waals surface area contributed by atoms with E-state index < -0.39 is 5.60 Å². The van der Waals surface area contributed by atoms with E-state index in [1.807, 2.05) is 0 Å². The lowest BCUT2D eigenvalue weighted by atomic mass is 9.71. The Morgan fingerprint density at radius 2 is 2.21 bits per heavy atom. The van der Waals surface area contributed by atoms with Crippen molar-refractivity contribution in [3.05, 3.63) is 11.8 Å². The van der Waals surface area contributed by atoms with E-state index in [4.69, 9.17) is 4.74 Å². The van der Waals surface area contributed by atoms with Crippen LogP contribution in [0.5, 0.6) is 0 Å². The summed E-state index contributed by atoms with van der Waals surface area (Å²) in [7, 11) is 0. The highest BCUT2D eigenvalue weighted by molar-refractivity contribution is 5.16. The van der Waals surface area contributed by atoms with Gasteiger partial charge in [0.25, 0.3) is 0 Å². The van der Waals surface area contributed by atoms with Crippen molar-refractivity contribution >= 4 is 0 Å². The van der Waals surface area contributed by atoms with Crippen molar-refractivity contribution < 1.29 is 9.84 Å². The second-order valence-corrected chi connectivity index (χ2v) is 4.92. The average Bonchev–Trinajstić information content (AvgIpc) is 2.65. The number of aliphatic hydroxyl groups is 1. The van der Waals surface area contributed by atoms with Gasteiger partial charge in [-0.2, -0.15) is 0 Å². The van der Waals surface area contributed by atoms with E-state index in [2.05, 4.69) is 19.9 Å². The first-order chi connectivity index (χ1) is 6.63. The van der Waals surface area contributed by atoms with Gasteiger partial charge in [-0.25, -0.2) is 0 Å². The minimum atomic E-state index is -0.672. The second kappa shape index (κ2) is 3.58. The predicted octanol–water partition coefficient (Wildman–Crippen LogP) is 2.48. The molecule has 0 radical (unpaired) electrons. The molecule has 1 fully saturated rings.